The zero-order valence-corrected chi connectivity index (χ0v) is 12.6. The topological polar surface area (TPSA) is 58.4 Å². The summed E-state index contributed by atoms with van der Waals surface area (Å²) in [5.41, 5.74) is 0. The molecular weight excluding hydrogens is 272 g/mol. The lowest BCUT2D eigenvalue weighted by molar-refractivity contribution is 0.184. The molecule has 1 unspecified atom stereocenters. The summed E-state index contributed by atoms with van der Waals surface area (Å²) in [5.74, 6) is 1.65. The van der Waals surface area contributed by atoms with Gasteiger partial charge in [-0.05, 0) is 19.8 Å². The number of hydrogen-bond donors (Lipinski definition) is 1. The van der Waals surface area contributed by atoms with Crippen molar-refractivity contribution in [3.05, 3.63) is 10.8 Å². The fourth-order valence-electron chi connectivity index (χ4n) is 2.96. The molecule has 4 rings (SSSR count). The van der Waals surface area contributed by atoms with Crippen molar-refractivity contribution in [3.8, 4) is 0 Å². The van der Waals surface area contributed by atoms with E-state index < -0.39 is 0 Å². The molecule has 0 spiro atoms. The fourth-order valence-corrected chi connectivity index (χ4v) is 3.89. The Bertz CT molecular complexity index is 595. The highest BCUT2D eigenvalue weighted by molar-refractivity contribution is 7.16. The second-order valence-corrected chi connectivity index (χ2v) is 6.77. The van der Waals surface area contributed by atoms with Gasteiger partial charge in [0, 0.05) is 32.1 Å². The van der Waals surface area contributed by atoms with Gasteiger partial charge in [-0.3, -0.25) is 4.90 Å². The molecule has 0 aromatic carbocycles. The molecule has 0 amide bonds. The summed E-state index contributed by atoms with van der Waals surface area (Å²) in [7, 11) is 0. The molecule has 1 aliphatic heterocycles. The maximum absolute atomic E-state index is 4.80. The van der Waals surface area contributed by atoms with E-state index in [1.807, 2.05) is 4.52 Å². The van der Waals surface area contributed by atoms with E-state index in [1.54, 1.807) is 11.3 Å². The summed E-state index contributed by atoms with van der Waals surface area (Å²) in [5, 5.41) is 18.0. The van der Waals surface area contributed by atoms with Gasteiger partial charge in [0.25, 0.3) is 0 Å². The molecule has 1 saturated carbocycles. The van der Waals surface area contributed by atoms with Crippen molar-refractivity contribution < 1.29 is 0 Å². The first-order chi connectivity index (χ1) is 9.83. The molecule has 2 aromatic heterocycles. The molecule has 1 aliphatic carbocycles. The van der Waals surface area contributed by atoms with Crippen LogP contribution < -0.4 is 5.32 Å². The van der Waals surface area contributed by atoms with Crippen LogP contribution in [0.1, 0.15) is 49.0 Å². The average Bonchev–Trinajstić information content (AvgIpc) is 2.99. The molecule has 2 fully saturated rings. The van der Waals surface area contributed by atoms with Crippen LogP contribution in [-0.4, -0.2) is 50.9 Å². The minimum atomic E-state index is 0.373. The van der Waals surface area contributed by atoms with E-state index in [1.165, 1.54) is 19.3 Å². The van der Waals surface area contributed by atoms with Gasteiger partial charge >= 0.3 is 0 Å². The van der Waals surface area contributed by atoms with Gasteiger partial charge in [-0.2, -0.15) is 9.61 Å². The van der Waals surface area contributed by atoms with Crippen LogP contribution in [0.5, 0.6) is 0 Å². The molecular formula is C13H20N6S. The molecule has 1 saturated heterocycles. The molecule has 20 heavy (non-hydrogen) atoms. The highest BCUT2D eigenvalue weighted by Gasteiger charge is 2.28. The Kier molecular flexibility index (Phi) is 3.20. The lowest BCUT2D eigenvalue weighted by Gasteiger charge is -2.31. The molecule has 1 atom stereocenters. The predicted octanol–water partition coefficient (Wildman–Crippen LogP) is 1.42. The summed E-state index contributed by atoms with van der Waals surface area (Å²) in [6.07, 6.45) is 3.79. The standard InChI is InChI=1S/C13H20N6S/c1-9(18-7-5-14-6-8-18)12-17-19-11(10-3-2-4-10)15-16-13(19)20-12/h9-10,14H,2-8H2,1H3. The molecule has 7 heteroatoms. The fraction of sp³-hybridized carbons (Fsp3) is 0.769. The van der Waals surface area contributed by atoms with Crippen LogP contribution in [-0.2, 0) is 0 Å². The van der Waals surface area contributed by atoms with E-state index in [2.05, 4.69) is 27.3 Å². The third kappa shape index (κ3) is 2.04. The maximum Gasteiger partial charge on any atom is 0.234 e. The Hall–Kier alpha value is -1.05. The number of rotatable bonds is 3. The molecule has 1 N–H and O–H groups in total. The van der Waals surface area contributed by atoms with E-state index in [0.29, 0.717) is 12.0 Å². The first-order valence-electron chi connectivity index (χ1n) is 7.50. The van der Waals surface area contributed by atoms with Crippen LogP contribution in [0.3, 0.4) is 0 Å². The lowest BCUT2D eigenvalue weighted by Crippen LogP contribution is -2.44. The third-order valence-corrected chi connectivity index (χ3v) is 5.63. The number of nitrogens with zero attached hydrogens (tertiary/aromatic N) is 5. The minimum Gasteiger partial charge on any atom is -0.314 e. The van der Waals surface area contributed by atoms with Crippen LogP contribution in [0.4, 0.5) is 0 Å². The summed E-state index contributed by atoms with van der Waals surface area (Å²) >= 11 is 1.69. The molecule has 0 bridgehead atoms. The van der Waals surface area contributed by atoms with Crippen molar-refractivity contribution in [1.29, 1.82) is 0 Å². The number of aromatic nitrogens is 4. The van der Waals surface area contributed by atoms with Crippen LogP contribution in [0.25, 0.3) is 4.96 Å². The minimum absolute atomic E-state index is 0.373. The van der Waals surface area contributed by atoms with Crippen molar-refractivity contribution in [3.63, 3.8) is 0 Å². The van der Waals surface area contributed by atoms with Crippen molar-refractivity contribution in [2.45, 2.75) is 38.1 Å². The van der Waals surface area contributed by atoms with E-state index in [0.717, 1.165) is 42.0 Å². The van der Waals surface area contributed by atoms with Gasteiger partial charge in [-0.1, -0.05) is 17.8 Å². The third-order valence-electron chi connectivity index (χ3n) is 4.56. The van der Waals surface area contributed by atoms with E-state index in [-0.39, 0.29) is 0 Å². The molecule has 2 aromatic rings. The highest BCUT2D eigenvalue weighted by Crippen LogP contribution is 2.36. The van der Waals surface area contributed by atoms with Crippen LogP contribution >= 0.6 is 11.3 Å². The van der Waals surface area contributed by atoms with Gasteiger partial charge < -0.3 is 5.32 Å². The first-order valence-corrected chi connectivity index (χ1v) is 8.31. The first kappa shape index (κ1) is 12.7. The largest absolute Gasteiger partial charge is 0.314 e. The number of piperazine rings is 1. The monoisotopic (exact) mass is 292 g/mol. The van der Waals surface area contributed by atoms with Gasteiger partial charge in [-0.25, -0.2) is 0 Å². The summed E-state index contributed by atoms with van der Waals surface area (Å²) in [6.45, 7) is 6.58. The second kappa shape index (κ2) is 5.05. The SMILES string of the molecule is CC(c1nn2c(C3CCC3)nnc2s1)N1CCNCC1. The molecule has 3 heterocycles. The van der Waals surface area contributed by atoms with Gasteiger partial charge in [0.2, 0.25) is 4.96 Å². The lowest BCUT2D eigenvalue weighted by atomic mass is 9.85. The Morgan fingerprint density at radius 1 is 1.25 bits per heavy atom. The zero-order chi connectivity index (χ0) is 13.5. The normalized spacial score (nSPS) is 23.1. The summed E-state index contributed by atoms with van der Waals surface area (Å²) < 4.78 is 1.99. The smallest absolute Gasteiger partial charge is 0.234 e. The van der Waals surface area contributed by atoms with E-state index >= 15 is 0 Å². The Balaban J connectivity index is 1.61. The van der Waals surface area contributed by atoms with E-state index in [4.69, 9.17) is 5.10 Å². The summed E-state index contributed by atoms with van der Waals surface area (Å²) in [4.78, 5) is 3.44. The predicted molar refractivity (Wildman–Crippen MR) is 78.1 cm³/mol. The molecule has 6 nitrogen and oxygen atoms in total. The van der Waals surface area contributed by atoms with Crippen LogP contribution in [0.2, 0.25) is 0 Å². The van der Waals surface area contributed by atoms with Crippen molar-refractivity contribution in [1.82, 2.24) is 30.0 Å². The summed E-state index contributed by atoms with van der Waals surface area (Å²) in [6, 6.07) is 0.373. The number of nitrogens with one attached hydrogen (secondary N) is 1. The van der Waals surface area contributed by atoms with E-state index in [9.17, 15) is 0 Å². The Morgan fingerprint density at radius 2 is 2.05 bits per heavy atom. The van der Waals surface area contributed by atoms with Gasteiger partial charge in [-0.15, -0.1) is 10.2 Å². The number of hydrogen-bond acceptors (Lipinski definition) is 6. The van der Waals surface area contributed by atoms with Gasteiger partial charge in [0.05, 0.1) is 6.04 Å². The zero-order valence-electron chi connectivity index (χ0n) is 11.7. The van der Waals surface area contributed by atoms with Gasteiger partial charge in [0.1, 0.15) is 5.01 Å². The molecule has 108 valence electrons. The average molecular weight is 292 g/mol. The maximum atomic E-state index is 4.80. The highest BCUT2D eigenvalue weighted by atomic mass is 32.1. The number of fused-ring (bicyclic) bond motifs is 1. The molecule has 2 aliphatic rings. The Morgan fingerprint density at radius 3 is 2.75 bits per heavy atom. The van der Waals surface area contributed by atoms with Crippen molar-refractivity contribution >= 4 is 16.3 Å². The second-order valence-electron chi connectivity index (χ2n) is 5.78. The van der Waals surface area contributed by atoms with Crippen LogP contribution in [0.15, 0.2) is 0 Å². The van der Waals surface area contributed by atoms with Crippen molar-refractivity contribution in [2.75, 3.05) is 26.2 Å². The Labute approximate surface area is 122 Å². The van der Waals surface area contributed by atoms with Gasteiger partial charge in [0.15, 0.2) is 5.82 Å². The quantitative estimate of drug-likeness (QED) is 0.927. The van der Waals surface area contributed by atoms with Crippen molar-refractivity contribution in [2.24, 2.45) is 0 Å². The molecule has 0 radical (unpaired) electrons. The van der Waals surface area contributed by atoms with Crippen LogP contribution in [0, 0.1) is 0 Å².